The van der Waals surface area contributed by atoms with Crippen LogP contribution in [0.1, 0.15) is 30.1 Å². The highest BCUT2D eigenvalue weighted by molar-refractivity contribution is 9.10. The number of hydrogen-bond donors (Lipinski definition) is 2. The first-order valence-electron chi connectivity index (χ1n) is 6.54. The minimum atomic E-state index is -0.438. The van der Waals surface area contributed by atoms with Crippen LogP contribution >= 0.6 is 15.9 Å². The molecule has 4 heteroatoms. The van der Waals surface area contributed by atoms with E-state index < -0.39 is 6.10 Å². The van der Waals surface area contributed by atoms with E-state index in [1.807, 2.05) is 19.2 Å². The van der Waals surface area contributed by atoms with Crippen molar-refractivity contribution in [3.8, 4) is 0 Å². The van der Waals surface area contributed by atoms with Crippen LogP contribution in [0, 0.1) is 0 Å². The minimum Gasteiger partial charge on any atom is -0.387 e. The molecule has 2 rings (SSSR count). The van der Waals surface area contributed by atoms with E-state index in [0.717, 1.165) is 16.6 Å². The number of aliphatic hydroxyl groups excluding tert-OH is 1. The van der Waals surface area contributed by atoms with Crippen molar-refractivity contribution in [3.63, 3.8) is 0 Å². The number of halogens is 1. The van der Waals surface area contributed by atoms with E-state index in [4.69, 9.17) is 0 Å². The lowest BCUT2D eigenvalue weighted by atomic mass is 10.1. The molecule has 1 heterocycles. The van der Waals surface area contributed by atoms with Crippen LogP contribution in [-0.4, -0.2) is 36.7 Å². The van der Waals surface area contributed by atoms with Gasteiger partial charge in [-0.15, -0.1) is 0 Å². The summed E-state index contributed by atoms with van der Waals surface area (Å²) in [6.45, 7) is 3.99. The van der Waals surface area contributed by atoms with Gasteiger partial charge in [0, 0.05) is 17.6 Å². The van der Waals surface area contributed by atoms with Gasteiger partial charge in [-0.1, -0.05) is 28.1 Å². The summed E-state index contributed by atoms with van der Waals surface area (Å²) >= 11 is 3.62. The van der Waals surface area contributed by atoms with Crippen LogP contribution in [0.4, 0.5) is 0 Å². The Morgan fingerprint density at radius 3 is 2.72 bits per heavy atom. The molecule has 0 aromatic heterocycles. The van der Waals surface area contributed by atoms with Crippen LogP contribution in [0.2, 0.25) is 0 Å². The first kappa shape index (κ1) is 14.0. The molecule has 0 saturated carbocycles. The molecule has 2 N–H and O–H groups in total. The molecular formula is C14H21BrN2O. The van der Waals surface area contributed by atoms with Gasteiger partial charge < -0.3 is 10.4 Å². The maximum atomic E-state index is 9.93. The zero-order valence-electron chi connectivity index (χ0n) is 10.8. The molecule has 0 spiro atoms. The summed E-state index contributed by atoms with van der Waals surface area (Å²) in [5.74, 6) is 0. The van der Waals surface area contributed by atoms with Crippen LogP contribution < -0.4 is 5.32 Å². The van der Waals surface area contributed by atoms with Gasteiger partial charge in [-0.2, -0.15) is 0 Å². The van der Waals surface area contributed by atoms with Crippen LogP contribution in [0.15, 0.2) is 22.7 Å². The summed E-state index contributed by atoms with van der Waals surface area (Å²) in [5.41, 5.74) is 2.26. The van der Waals surface area contributed by atoms with Crippen molar-refractivity contribution in [2.75, 3.05) is 26.7 Å². The highest BCUT2D eigenvalue weighted by atomic mass is 79.9. The van der Waals surface area contributed by atoms with Gasteiger partial charge in [-0.25, -0.2) is 0 Å². The number of nitrogens with one attached hydrogen (secondary N) is 1. The van der Waals surface area contributed by atoms with E-state index in [9.17, 15) is 5.11 Å². The Hall–Kier alpha value is -0.420. The van der Waals surface area contributed by atoms with Crippen molar-refractivity contribution >= 4 is 15.9 Å². The van der Waals surface area contributed by atoms with Gasteiger partial charge in [0.25, 0.3) is 0 Å². The molecule has 0 bridgehead atoms. The van der Waals surface area contributed by atoms with E-state index in [1.165, 1.54) is 31.5 Å². The van der Waals surface area contributed by atoms with E-state index in [2.05, 4.69) is 32.2 Å². The summed E-state index contributed by atoms with van der Waals surface area (Å²) < 4.78 is 1.10. The zero-order chi connectivity index (χ0) is 13.0. The summed E-state index contributed by atoms with van der Waals surface area (Å²) in [5, 5.41) is 12.9. The Labute approximate surface area is 117 Å². The highest BCUT2D eigenvalue weighted by Crippen LogP contribution is 2.24. The lowest BCUT2D eigenvalue weighted by Gasteiger charge is -2.17. The fourth-order valence-electron chi connectivity index (χ4n) is 2.39. The quantitative estimate of drug-likeness (QED) is 0.875. The zero-order valence-corrected chi connectivity index (χ0v) is 12.4. The topological polar surface area (TPSA) is 35.5 Å². The van der Waals surface area contributed by atoms with E-state index in [-0.39, 0.29) is 0 Å². The number of aliphatic hydroxyl groups is 1. The monoisotopic (exact) mass is 312 g/mol. The van der Waals surface area contributed by atoms with Crippen molar-refractivity contribution in [2.45, 2.75) is 25.5 Å². The van der Waals surface area contributed by atoms with Gasteiger partial charge in [0.2, 0.25) is 0 Å². The molecule has 18 heavy (non-hydrogen) atoms. The van der Waals surface area contributed by atoms with Gasteiger partial charge in [0.1, 0.15) is 0 Å². The molecule has 1 saturated heterocycles. The van der Waals surface area contributed by atoms with Crippen molar-refractivity contribution < 1.29 is 5.11 Å². The second-order valence-corrected chi connectivity index (χ2v) is 5.76. The lowest BCUT2D eigenvalue weighted by Crippen LogP contribution is -2.19. The molecule has 1 aromatic rings. The fraction of sp³-hybridized carbons (Fsp3) is 0.571. The van der Waals surface area contributed by atoms with Crippen molar-refractivity contribution in [2.24, 2.45) is 0 Å². The predicted molar refractivity (Wildman–Crippen MR) is 77.5 cm³/mol. The molecule has 100 valence electrons. The van der Waals surface area contributed by atoms with E-state index in [1.54, 1.807) is 0 Å². The molecule has 3 nitrogen and oxygen atoms in total. The Morgan fingerprint density at radius 1 is 1.39 bits per heavy atom. The largest absolute Gasteiger partial charge is 0.387 e. The summed E-state index contributed by atoms with van der Waals surface area (Å²) in [6, 6.07) is 6.18. The maximum absolute atomic E-state index is 9.93. The smallest absolute Gasteiger partial charge is 0.0914 e. The van der Waals surface area contributed by atoms with Crippen LogP contribution in [0.5, 0.6) is 0 Å². The van der Waals surface area contributed by atoms with Crippen molar-refractivity contribution in [1.82, 2.24) is 10.2 Å². The first-order chi connectivity index (χ1) is 8.70. The van der Waals surface area contributed by atoms with E-state index >= 15 is 0 Å². The third kappa shape index (κ3) is 3.54. The summed E-state index contributed by atoms with van der Waals surface area (Å²) in [6.07, 6.45) is 2.19. The molecule has 1 fully saturated rings. The van der Waals surface area contributed by atoms with E-state index in [0.29, 0.717) is 6.54 Å². The first-order valence-corrected chi connectivity index (χ1v) is 7.33. The maximum Gasteiger partial charge on any atom is 0.0914 e. The molecule has 0 aliphatic carbocycles. The molecule has 1 unspecified atom stereocenters. The van der Waals surface area contributed by atoms with Crippen LogP contribution in [0.25, 0.3) is 0 Å². The third-order valence-electron chi connectivity index (χ3n) is 3.45. The minimum absolute atomic E-state index is 0.438. The van der Waals surface area contributed by atoms with Gasteiger partial charge in [0.05, 0.1) is 6.10 Å². The van der Waals surface area contributed by atoms with Gasteiger partial charge in [0.15, 0.2) is 0 Å². The summed E-state index contributed by atoms with van der Waals surface area (Å²) in [4.78, 5) is 2.48. The Morgan fingerprint density at radius 2 is 2.11 bits per heavy atom. The number of benzene rings is 1. The fourth-order valence-corrected chi connectivity index (χ4v) is 2.91. The molecule has 0 amide bonds. The molecule has 1 aliphatic rings. The number of nitrogens with zero attached hydrogens (tertiary/aromatic N) is 1. The van der Waals surface area contributed by atoms with Crippen LogP contribution in [-0.2, 0) is 6.54 Å². The SMILES string of the molecule is CNCC(O)c1ccc(CN2CCCC2)c(Br)c1. The molecule has 1 aliphatic heterocycles. The van der Waals surface area contributed by atoms with Crippen molar-refractivity contribution in [3.05, 3.63) is 33.8 Å². The van der Waals surface area contributed by atoms with Gasteiger partial charge in [-0.3, -0.25) is 4.90 Å². The normalized spacial score (nSPS) is 18.2. The molecular weight excluding hydrogens is 292 g/mol. The van der Waals surface area contributed by atoms with Gasteiger partial charge in [-0.05, 0) is 50.2 Å². The Bertz CT molecular complexity index is 391. The number of hydrogen-bond acceptors (Lipinski definition) is 3. The van der Waals surface area contributed by atoms with Gasteiger partial charge >= 0.3 is 0 Å². The van der Waals surface area contributed by atoms with Crippen molar-refractivity contribution in [1.29, 1.82) is 0 Å². The number of likely N-dealkylation sites (N-methyl/N-ethyl adjacent to an activating group) is 1. The molecule has 1 aromatic carbocycles. The highest BCUT2D eigenvalue weighted by Gasteiger charge is 2.14. The van der Waals surface area contributed by atoms with Crippen LogP contribution in [0.3, 0.4) is 0 Å². The molecule has 1 atom stereocenters. The lowest BCUT2D eigenvalue weighted by molar-refractivity contribution is 0.177. The summed E-state index contributed by atoms with van der Waals surface area (Å²) in [7, 11) is 1.85. The number of likely N-dealkylation sites (tertiary alicyclic amines) is 1. The standard InChI is InChI=1S/C14H21BrN2O/c1-16-9-14(18)11-4-5-12(13(15)8-11)10-17-6-2-3-7-17/h4-5,8,14,16,18H,2-3,6-7,9-10H2,1H3. The third-order valence-corrected chi connectivity index (χ3v) is 4.19. The number of rotatable bonds is 5. The average molecular weight is 313 g/mol. The predicted octanol–water partition coefficient (Wildman–Crippen LogP) is 2.30. The second-order valence-electron chi connectivity index (χ2n) is 4.91. The second kappa shape index (κ2) is 6.66. The molecule has 0 radical (unpaired) electrons. The Balaban J connectivity index is 2.04. The average Bonchev–Trinajstić information content (AvgIpc) is 2.85. The Kier molecular flexibility index (Phi) is 5.18.